The summed E-state index contributed by atoms with van der Waals surface area (Å²) >= 11 is 1.70. The first-order valence-corrected chi connectivity index (χ1v) is 9.65. The zero-order valence-corrected chi connectivity index (χ0v) is 14.8. The van der Waals surface area contributed by atoms with E-state index in [1.54, 1.807) is 17.5 Å². The molecule has 24 heavy (non-hydrogen) atoms. The van der Waals surface area contributed by atoms with Gasteiger partial charge in [-0.1, -0.05) is 13.0 Å². The second-order valence-electron chi connectivity index (χ2n) is 6.93. The molecule has 0 radical (unpaired) electrons. The van der Waals surface area contributed by atoms with E-state index in [1.165, 1.54) is 11.3 Å². The Hall–Kier alpha value is -1.66. The van der Waals surface area contributed by atoms with Crippen LogP contribution in [0, 0.1) is 5.41 Å². The Balaban J connectivity index is 1.49. The van der Waals surface area contributed by atoms with Gasteiger partial charge in [0.15, 0.2) is 0 Å². The Bertz CT molecular complexity index is 684. The predicted octanol–water partition coefficient (Wildman–Crippen LogP) is 2.92. The number of carbonyl (C=O) groups is 1. The summed E-state index contributed by atoms with van der Waals surface area (Å²) in [5, 5.41) is 5.26. The molecule has 2 aromatic rings. The van der Waals surface area contributed by atoms with Crippen molar-refractivity contribution in [1.82, 2.24) is 20.2 Å². The summed E-state index contributed by atoms with van der Waals surface area (Å²) in [4.78, 5) is 24.4. The fourth-order valence-corrected chi connectivity index (χ4v) is 5.29. The Labute approximate surface area is 146 Å². The van der Waals surface area contributed by atoms with Crippen molar-refractivity contribution < 1.29 is 4.79 Å². The number of amides is 1. The maximum Gasteiger partial charge on any atom is 0.228 e. The molecule has 0 spiro atoms. The van der Waals surface area contributed by atoms with Crippen molar-refractivity contribution in [1.29, 1.82) is 0 Å². The lowest BCUT2D eigenvalue weighted by Gasteiger charge is -2.35. The van der Waals surface area contributed by atoms with Crippen LogP contribution in [0.5, 0.6) is 0 Å². The van der Waals surface area contributed by atoms with Gasteiger partial charge in [-0.2, -0.15) is 0 Å². The van der Waals surface area contributed by atoms with Crippen molar-refractivity contribution in [3.05, 3.63) is 40.6 Å². The van der Waals surface area contributed by atoms with Gasteiger partial charge in [-0.25, -0.2) is 4.98 Å². The van der Waals surface area contributed by atoms with Gasteiger partial charge in [0.25, 0.3) is 0 Å². The molecule has 2 aliphatic heterocycles. The molecule has 2 bridgehead atoms. The fraction of sp³-hybridized carbons (Fsp3) is 0.556. The highest BCUT2D eigenvalue weighted by Crippen LogP contribution is 2.52. The number of nitrogens with one attached hydrogen (secondary N) is 2. The normalized spacial score (nSPS) is 29.2. The van der Waals surface area contributed by atoms with Crippen molar-refractivity contribution in [3.63, 3.8) is 0 Å². The number of aromatic amines is 1. The summed E-state index contributed by atoms with van der Waals surface area (Å²) < 4.78 is 0. The third-order valence-electron chi connectivity index (χ3n) is 5.85. The average Bonchev–Trinajstić information content (AvgIpc) is 3.39. The molecule has 2 fully saturated rings. The highest BCUT2D eigenvalue weighted by atomic mass is 32.1. The van der Waals surface area contributed by atoms with E-state index in [4.69, 9.17) is 0 Å². The van der Waals surface area contributed by atoms with Crippen molar-refractivity contribution in [3.8, 4) is 0 Å². The molecule has 2 saturated heterocycles. The van der Waals surface area contributed by atoms with Crippen LogP contribution in [-0.4, -0.2) is 32.9 Å². The van der Waals surface area contributed by atoms with E-state index >= 15 is 0 Å². The van der Waals surface area contributed by atoms with Crippen molar-refractivity contribution in [2.45, 2.75) is 57.8 Å². The van der Waals surface area contributed by atoms with Crippen molar-refractivity contribution >= 4 is 17.2 Å². The minimum absolute atomic E-state index is 0.232. The molecule has 2 N–H and O–H groups in total. The molecule has 0 saturated carbocycles. The summed E-state index contributed by atoms with van der Waals surface area (Å²) in [5.41, 5.74) is -0.243. The molecule has 2 aromatic heterocycles. The van der Waals surface area contributed by atoms with Gasteiger partial charge < -0.3 is 10.3 Å². The first kappa shape index (κ1) is 15.8. The largest absolute Gasteiger partial charge is 0.351 e. The molecule has 5 nitrogen and oxygen atoms in total. The number of carbonyl (C=O) groups excluding carboxylic acids is 1. The van der Waals surface area contributed by atoms with Crippen molar-refractivity contribution in [2.75, 3.05) is 0 Å². The van der Waals surface area contributed by atoms with Gasteiger partial charge in [0.05, 0.1) is 18.5 Å². The maximum atomic E-state index is 13.1. The zero-order chi connectivity index (χ0) is 16.6. The van der Waals surface area contributed by atoms with Gasteiger partial charge in [-0.15, -0.1) is 11.3 Å². The summed E-state index contributed by atoms with van der Waals surface area (Å²) in [6, 6.07) is 4.95. The molecular formula is C18H24N4OS. The number of hydrogen-bond acceptors (Lipinski definition) is 4. The molecule has 4 heterocycles. The number of H-pyrrole nitrogens is 1. The lowest BCUT2D eigenvalue weighted by molar-refractivity contribution is -0.133. The second kappa shape index (κ2) is 6.33. The highest BCUT2D eigenvalue weighted by Gasteiger charge is 2.58. The average molecular weight is 344 g/mol. The SMILES string of the molecule is CC[C@@]1(C(=O)NCc2cccs2)C[C@@H]2CC[C@H]1N2Cc1ncc[nH]1. The molecule has 2 aliphatic rings. The summed E-state index contributed by atoms with van der Waals surface area (Å²) in [5.74, 6) is 1.23. The standard InChI is InChI=1S/C18H24N4OS/c1-2-18(17(23)21-11-14-4-3-9-24-14)10-13-5-6-15(18)22(13)12-16-19-7-8-20-16/h3-4,7-9,13,15H,2,5-6,10-12H2,1H3,(H,19,20)(H,21,23)/t13-,15+,18+/m0/s1. The molecule has 4 rings (SSSR count). The van der Waals surface area contributed by atoms with Crippen LogP contribution in [0.15, 0.2) is 29.9 Å². The smallest absolute Gasteiger partial charge is 0.228 e. The van der Waals surface area contributed by atoms with Gasteiger partial charge in [0, 0.05) is 29.4 Å². The molecule has 6 heteroatoms. The minimum atomic E-state index is -0.243. The van der Waals surface area contributed by atoms with Crippen LogP contribution in [0.25, 0.3) is 0 Å². The van der Waals surface area contributed by atoms with Crippen LogP contribution in [-0.2, 0) is 17.9 Å². The van der Waals surface area contributed by atoms with Crippen LogP contribution >= 0.6 is 11.3 Å². The number of thiophene rings is 1. The van der Waals surface area contributed by atoms with E-state index in [0.717, 1.165) is 31.6 Å². The van der Waals surface area contributed by atoms with E-state index in [2.05, 4.69) is 38.6 Å². The number of aromatic nitrogens is 2. The second-order valence-corrected chi connectivity index (χ2v) is 7.96. The van der Waals surface area contributed by atoms with Gasteiger partial charge in [-0.05, 0) is 37.1 Å². The lowest BCUT2D eigenvalue weighted by atomic mass is 9.71. The Morgan fingerprint density at radius 3 is 3.17 bits per heavy atom. The summed E-state index contributed by atoms with van der Waals surface area (Å²) in [6.07, 6.45) is 7.86. The van der Waals surface area contributed by atoms with E-state index in [-0.39, 0.29) is 11.3 Å². The predicted molar refractivity (Wildman–Crippen MR) is 94.4 cm³/mol. The molecular weight excluding hydrogens is 320 g/mol. The van der Waals surface area contributed by atoms with Gasteiger partial charge >= 0.3 is 0 Å². The van der Waals surface area contributed by atoms with Crippen LogP contribution in [0.4, 0.5) is 0 Å². The molecule has 128 valence electrons. The third kappa shape index (κ3) is 2.58. The Morgan fingerprint density at radius 1 is 1.54 bits per heavy atom. The molecule has 0 unspecified atom stereocenters. The third-order valence-corrected chi connectivity index (χ3v) is 6.73. The monoisotopic (exact) mass is 344 g/mol. The number of imidazole rings is 1. The van der Waals surface area contributed by atoms with E-state index < -0.39 is 0 Å². The lowest BCUT2D eigenvalue weighted by Crippen LogP contribution is -2.48. The number of rotatable bonds is 6. The molecule has 0 aromatic carbocycles. The quantitative estimate of drug-likeness (QED) is 0.847. The molecule has 3 atom stereocenters. The topological polar surface area (TPSA) is 61.0 Å². The molecule has 1 amide bonds. The zero-order valence-electron chi connectivity index (χ0n) is 14.0. The Kier molecular flexibility index (Phi) is 4.18. The fourth-order valence-electron chi connectivity index (χ4n) is 4.64. The number of nitrogens with zero attached hydrogens (tertiary/aromatic N) is 2. The first-order valence-electron chi connectivity index (χ1n) is 8.77. The van der Waals surface area contributed by atoms with E-state index in [0.29, 0.717) is 18.6 Å². The minimum Gasteiger partial charge on any atom is -0.351 e. The maximum absolute atomic E-state index is 13.1. The van der Waals surface area contributed by atoms with E-state index in [9.17, 15) is 4.79 Å². The van der Waals surface area contributed by atoms with Crippen LogP contribution in [0.2, 0.25) is 0 Å². The van der Waals surface area contributed by atoms with Gasteiger partial charge in [0.1, 0.15) is 5.82 Å². The molecule has 0 aliphatic carbocycles. The van der Waals surface area contributed by atoms with E-state index in [1.807, 2.05) is 12.3 Å². The van der Waals surface area contributed by atoms with Gasteiger partial charge in [-0.3, -0.25) is 9.69 Å². The van der Waals surface area contributed by atoms with Gasteiger partial charge in [0.2, 0.25) is 5.91 Å². The highest BCUT2D eigenvalue weighted by molar-refractivity contribution is 7.09. The van der Waals surface area contributed by atoms with Crippen LogP contribution in [0.1, 0.15) is 43.3 Å². The summed E-state index contributed by atoms with van der Waals surface area (Å²) in [7, 11) is 0. The first-order chi connectivity index (χ1) is 11.7. The number of hydrogen-bond donors (Lipinski definition) is 2. The summed E-state index contributed by atoms with van der Waals surface area (Å²) in [6.45, 7) is 3.63. The van der Waals surface area contributed by atoms with Crippen molar-refractivity contribution in [2.24, 2.45) is 5.41 Å². The Morgan fingerprint density at radius 2 is 2.46 bits per heavy atom. The van der Waals surface area contributed by atoms with Crippen LogP contribution < -0.4 is 5.32 Å². The van der Waals surface area contributed by atoms with Crippen LogP contribution in [0.3, 0.4) is 0 Å². The number of fused-ring (bicyclic) bond motifs is 2.